The molecule has 1 aromatic heterocycles. The smallest absolute Gasteiger partial charge is 0.352 e. The van der Waals surface area contributed by atoms with Gasteiger partial charge in [0.15, 0.2) is 16.9 Å². The minimum atomic E-state index is -1.11. The van der Waals surface area contributed by atoms with E-state index in [0.717, 1.165) is 42.7 Å². The maximum atomic E-state index is 12.9. The molecule has 4 rings (SSSR count). The molecule has 1 aliphatic heterocycles. The van der Waals surface area contributed by atoms with Gasteiger partial charge in [0.1, 0.15) is 17.2 Å². The minimum absolute atomic E-state index is 0.153. The highest BCUT2D eigenvalue weighted by atomic mass is 35.5. The van der Waals surface area contributed by atoms with Gasteiger partial charge in [-0.15, -0.1) is 11.3 Å². The Balaban J connectivity index is 1.43. The molecule has 3 N–H and O–H groups in total. The van der Waals surface area contributed by atoms with Crippen LogP contribution in [-0.4, -0.2) is 52.1 Å². The summed E-state index contributed by atoms with van der Waals surface area (Å²) in [5.74, 6) is 0.0528. The normalized spacial score (nSPS) is 15.4. The van der Waals surface area contributed by atoms with Crippen molar-refractivity contribution in [3.63, 3.8) is 0 Å². The van der Waals surface area contributed by atoms with E-state index in [-0.39, 0.29) is 28.3 Å². The van der Waals surface area contributed by atoms with E-state index < -0.39 is 22.6 Å². The van der Waals surface area contributed by atoms with Gasteiger partial charge >= 0.3 is 5.97 Å². The number of esters is 1. The van der Waals surface area contributed by atoms with Crippen molar-refractivity contribution < 1.29 is 23.3 Å². The molecule has 3 aromatic rings. The largest absolute Gasteiger partial charge is 0.483 e. The average Bonchev–Trinajstić information content (AvgIpc) is 3.23. The second-order valence-corrected chi connectivity index (χ2v) is 13.4. The minimum Gasteiger partial charge on any atom is -0.483 e. The number of ether oxygens (including phenoxy) is 2. The molecular formula is C29H34ClN3O5S2. The highest BCUT2D eigenvalue weighted by molar-refractivity contribution is 7.81. The maximum absolute atomic E-state index is 12.9. The third-order valence-electron chi connectivity index (χ3n) is 6.17. The van der Waals surface area contributed by atoms with Crippen molar-refractivity contribution in [3.05, 3.63) is 64.0 Å². The zero-order chi connectivity index (χ0) is 28.9. The fraction of sp³-hybridized carbons (Fsp3) is 0.379. The fourth-order valence-electron chi connectivity index (χ4n) is 4.39. The Morgan fingerprint density at radius 1 is 1.20 bits per heavy atom. The van der Waals surface area contributed by atoms with E-state index in [0.29, 0.717) is 22.6 Å². The van der Waals surface area contributed by atoms with E-state index in [9.17, 15) is 13.8 Å². The van der Waals surface area contributed by atoms with Crippen molar-refractivity contribution in [3.8, 4) is 16.2 Å². The average molecular weight is 604 g/mol. The number of nitrogens with zero attached hydrogens (tertiary/aromatic N) is 1. The highest BCUT2D eigenvalue weighted by Gasteiger charge is 2.29. The predicted octanol–water partition coefficient (Wildman–Crippen LogP) is 5.92. The van der Waals surface area contributed by atoms with E-state index >= 15 is 0 Å². The summed E-state index contributed by atoms with van der Waals surface area (Å²) in [6.07, 6.45) is 2.30. The van der Waals surface area contributed by atoms with Gasteiger partial charge in [0, 0.05) is 30.5 Å². The molecule has 214 valence electrons. The summed E-state index contributed by atoms with van der Waals surface area (Å²) in [6.45, 7) is 6.56. The zero-order valence-corrected chi connectivity index (χ0v) is 25.2. The lowest BCUT2D eigenvalue weighted by atomic mass is 10.1. The lowest BCUT2D eigenvalue weighted by molar-refractivity contribution is -0.109. The molecule has 2 aromatic carbocycles. The second kappa shape index (κ2) is 13.2. The second-order valence-electron chi connectivity index (χ2n) is 10.5. The van der Waals surface area contributed by atoms with Gasteiger partial charge in [-0.05, 0) is 69.0 Å². The Bertz CT molecular complexity index is 1380. The van der Waals surface area contributed by atoms with Gasteiger partial charge in [-0.2, -0.15) is 0 Å². The third-order valence-corrected chi connectivity index (χ3v) is 9.36. The molecule has 0 spiro atoms. The Kier molecular flexibility index (Phi) is 9.89. The number of halogens is 1. The number of hydrogen-bond donors (Lipinski definition) is 2. The van der Waals surface area contributed by atoms with Crippen molar-refractivity contribution in [1.29, 1.82) is 0 Å². The fourth-order valence-corrected chi connectivity index (χ4v) is 7.10. The molecule has 0 radical (unpaired) electrons. The van der Waals surface area contributed by atoms with Gasteiger partial charge in [-0.1, -0.05) is 35.9 Å². The molecule has 0 aliphatic carbocycles. The van der Waals surface area contributed by atoms with Crippen LogP contribution in [0.3, 0.4) is 0 Å². The van der Waals surface area contributed by atoms with Crippen LogP contribution in [0.25, 0.3) is 10.4 Å². The number of anilines is 2. The van der Waals surface area contributed by atoms with Gasteiger partial charge in [-0.25, -0.2) is 13.3 Å². The van der Waals surface area contributed by atoms with Crippen LogP contribution in [0, 0.1) is 0 Å². The Morgan fingerprint density at radius 2 is 1.93 bits per heavy atom. The van der Waals surface area contributed by atoms with Crippen LogP contribution in [0.15, 0.2) is 48.5 Å². The Hall–Kier alpha value is -2.92. The molecule has 0 bridgehead atoms. The molecule has 1 unspecified atom stereocenters. The monoisotopic (exact) mass is 603 g/mol. The van der Waals surface area contributed by atoms with Gasteiger partial charge in [-0.3, -0.25) is 4.79 Å². The summed E-state index contributed by atoms with van der Waals surface area (Å²) in [4.78, 5) is 24.7. The number of thiophene rings is 1. The van der Waals surface area contributed by atoms with Crippen molar-refractivity contribution in [2.75, 3.05) is 30.7 Å². The van der Waals surface area contributed by atoms with Crippen LogP contribution in [0.1, 0.15) is 48.8 Å². The molecular weight excluding hydrogens is 570 g/mol. The number of hydrogen-bond acceptors (Lipinski definition) is 8. The summed E-state index contributed by atoms with van der Waals surface area (Å²) in [5.41, 5.74) is 8.53. The lowest BCUT2D eigenvalue weighted by Crippen LogP contribution is -2.40. The molecule has 0 saturated carbocycles. The number of piperidine rings is 1. The number of nitrogen functional groups attached to an aromatic ring is 1. The van der Waals surface area contributed by atoms with Crippen molar-refractivity contribution >= 4 is 57.6 Å². The first-order chi connectivity index (χ1) is 19.0. The van der Waals surface area contributed by atoms with Crippen molar-refractivity contribution in [1.82, 2.24) is 4.31 Å². The molecule has 0 amide bonds. The predicted molar refractivity (Wildman–Crippen MR) is 162 cm³/mol. The maximum Gasteiger partial charge on any atom is 0.352 e. The van der Waals surface area contributed by atoms with E-state index in [1.165, 1.54) is 11.3 Å². The molecule has 1 fully saturated rings. The number of carbonyl (C=O) groups is 2. The molecule has 2 heterocycles. The van der Waals surface area contributed by atoms with Crippen molar-refractivity contribution in [2.24, 2.45) is 0 Å². The molecule has 40 heavy (non-hydrogen) atoms. The number of nitrogens with one attached hydrogen (secondary N) is 1. The number of rotatable bonds is 10. The molecule has 1 aliphatic rings. The van der Waals surface area contributed by atoms with Gasteiger partial charge < -0.3 is 20.5 Å². The van der Waals surface area contributed by atoms with Crippen LogP contribution in [0.5, 0.6) is 5.75 Å². The van der Waals surface area contributed by atoms with E-state index in [4.69, 9.17) is 26.8 Å². The van der Waals surface area contributed by atoms with Gasteiger partial charge in [0.25, 0.3) is 0 Å². The molecule has 1 atom stereocenters. The van der Waals surface area contributed by atoms with Gasteiger partial charge in [0.05, 0.1) is 21.6 Å². The van der Waals surface area contributed by atoms with Crippen LogP contribution >= 0.6 is 22.9 Å². The van der Waals surface area contributed by atoms with Crippen LogP contribution < -0.4 is 15.8 Å². The number of benzene rings is 2. The first-order valence-corrected chi connectivity index (χ1v) is 15.5. The van der Waals surface area contributed by atoms with E-state index in [2.05, 4.69) is 5.32 Å². The first kappa shape index (κ1) is 30.0. The summed E-state index contributed by atoms with van der Waals surface area (Å²) in [5, 5.41) is 3.85. The SMILES string of the molecule is CC(C)(C)OC(=O)c1sc(-c2cccc(NC3CCN(S(=O)Cc4cccc(N)c4)CC3)c2)c(Cl)c1OCC=O. The number of aldehydes is 1. The van der Waals surface area contributed by atoms with Crippen molar-refractivity contribution in [2.45, 2.75) is 51.0 Å². The molecule has 1 saturated heterocycles. The summed E-state index contributed by atoms with van der Waals surface area (Å²) < 4.78 is 26.0. The zero-order valence-electron chi connectivity index (χ0n) is 22.8. The van der Waals surface area contributed by atoms with Crippen LogP contribution in [0.4, 0.5) is 11.4 Å². The highest BCUT2D eigenvalue weighted by Crippen LogP contribution is 2.46. The molecule has 11 heteroatoms. The van der Waals surface area contributed by atoms with Gasteiger partial charge in [0.2, 0.25) is 0 Å². The summed E-state index contributed by atoms with van der Waals surface area (Å²) in [6, 6.07) is 15.5. The quantitative estimate of drug-likeness (QED) is 0.168. The Labute approximate surface area is 246 Å². The standard InChI is InChI=1S/C29H34ClN3O5S2/c1-29(2,3)38-28(35)27-25(37-15-14-34)24(30)26(39-27)20-7-5-9-23(17-20)32-22-10-12-33(13-11-22)40(36)18-19-6-4-8-21(31)16-19/h4-9,14,16-17,22,32H,10-13,15,18,31H2,1-3H3. The third kappa shape index (κ3) is 7.84. The Morgan fingerprint density at radius 3 is 2.60 bits per heavy atom. The number of nitrogens with two attached hydrogens (primary N) is 1. The number of carbonyl (C=O) groups excluding carboxylic acids is 2. The molecule has 8 nitrogen and oxygen atoms in total. The first-order valence-electron chi connectivity index (χ1n) is 13.0. The van der Waals surface area contributed by atoms with Crippen LogP contribution in [0.2, 0.25) is 5.02 Å². The summed E-state index contributed by atoms with van der Waals surface area (Å²) in [7, 11) is -1.11. The topological polar surface area (TPSA) is 111 Å². The lowest BCUT2D eigenvalue weighted by Gasteiger charge is -2.32. The van der Waals surface area contributed by atoms with E-state index in [1.807, 2.05) is 52.8 Å². The van der Waals surface area contributed by atoms with E-state index in [1.54, 1.807) is 20.8 Å². The summed E-state index contributed by atoms with van der Waals surface area (Å²) >= 11 is 7.85. The van der Waals surface area contributed by atoms with Crippen LogP contribution in [-0.2, 0) is 26.3 Å².